The number of nitrogens with zero attached hydrogens (tertiary/aromatic N) is 1. The molecule has 0 fully saturated rings. The highest BCUT2D eigenvalue weighted by atomic mass is 35.5. The molecule has 3 aromatic rings. The average molecular weight is 372 g/mol. The molecule has 1 amide bonds. The van der Waals surface area contributed by atoms with Crippen LogP contribution in [0.3, 0.4) is 0 Å². The molecule has 0 bridgehead atoms. The molecule has 126 valence electrons. The molecule has 25 heavy (non-hydrogen) atoms. The molecular formula is C19H15Cl2N3O. The van der Waals surface area contributed by atoms with Crippen molar-refractivity contribution >= 4 is 40.5 Å². The number of halogens is 2. The van der Waals surface area contributed by atoms with Crippen molar-refractivity contribution < 1.29 is 4.79 Å². The number of aromatic nitrogens is 1. The molecule has 1 heterocycles. The van der Waals surface area contributed by atoms with Crippen molar-refractivity contribution in [2.24, 2.45) is 0 Å². The number of carbonyl (C=O) groups excluding carboxylic acids is 1. The van der Waals surface area contributed by atoms with Gasteiger partial charge in [-0.1, -0.05) is 35.3 Å². The second kappa shape index (κ2) is 8.01. The van der Waals surface area contributed by atoms with E-state index >= 15 is 0 Å². The van der Waals surface area contributed by atoms with E-state index in [1.165, 1.54) is 0 Å². The fourth-order valence-corrected chi connectivity index (χ4v) is 2.78. The van der Waals surface area contributed by atoms with Crippen molar-refractivity contribution in [2.75, 3.05) is 10.6 Å². The van der Waals surface area contributed by atoms with Gasteiger partial charge in [-0.05, 0) is 48.0 Å². The number of hydrogen-bond donors (Lipinski definition) is 2. The quantitative estimate of drug-likeness (QED) is 0.643. The van der Waals surface area contributed by atoms with E-state index in [-0.39, 0.29) is 5.91 Å². The highest BCUT2D eigenvalue weighted by Crippen LogP contribution is 2.23. The van der Waals surface area contributed by atoms with Gasteiger partial charge in [0.15, 0.2) is 0 Å². The van der Waals surface area contributed by atoms with Crippen molar-refractivity contribution in [2.45, 2.75) is 6.54 Å². The van der Waals surface area contributed by atoms with E-state index in [4.69, 9.17) is 23.2 Å². The smallest absolute Gasteiger partial charge is 0.257 e. The Kier molecular flexibility index (Phi) is 5.53. The summed E-state index contributed by atoms with van der Waals surface area (Å²) in [7, 11) is 0. The van der Waals surface area contributed by atoms with E-state index in [0.717, 1.165) is 11.3 Å². The van der Waals surface area contributed by atoms with Crippen molar-refractivity contribution in [3.63, 3.8) is 0 Å². The van der Waals surface area contributed by atoms with Crippen molar-refractivity contribution in [1.29, 1.82) is 0 Å². The van der Waals surface area contributed by atoms with Crippen LogP contribution in [-0.2, 0) is 6.54 Å². The zero-order chi connectivity index (χ0) is 17.6. The van der Waals surface area contributed by atoms with E-state index in [1.807, 2.05) is 36.4 Å². The van der Waals surface area contributed by atoms with Gasteiger partial charge in [0.25, 0.3) is 5.91 Å². The molecular weight excluding hydrogens is 357 g/mol. The van der Waals surface area contributed by atoms with E-state index in [2.05, 4.69) is 15.6 Å². The van der Waals surface area contributed by atoms with Crippen LogP contribution in [0, 0.1) is 0 Å². The molecule has 3 rings (SSSR count). The molecule has 0 unspecified atom stereocenters. The molecule has 0 aliphatic carbocycles. The molecule has 0 saturated heterocycles. The molecule has 0 saturated carbocycles. The summed E-state index contributed by atoms with van der Waals surface area (Å²) in [6, 6.07) is 16.1. The predicted molar refractivity (Wildman–Crippen MR) is 102 cm³/mol. The topological polar surface area (TPSA) is 54.0 Å². The Hall–Kier alpha value is -2.56. The van der Waals surface area contributed by atoms with Gasteiger partial charge in [0.1, 0.15) is 0 Å². The van der Waals surface area contributed by atoms with Crippen molar-refractivity contribution in [3.8, 4) is 0 Å². The summed E-state index contributed by atoms with van der Waals surface area (Å²) < 4.78 is 0. The number of benzene rings is 2. The number of rotatable bonds is 5. The first kappa shape index (κ1) is 17.3. The highest BCUT2D eigenvalue weighted by molar-refractivity contribution is 6.37. The van der Waals surface area contributed by atoms with E-state index in [1.54, 1.807) is 30.6 Å². The second-order valence-electron chi connectivity index (χ2n) is 5.37. The van der Waals surface area contributed by atoms with Gasteiger partial charge in [-0.2, -0.15) is 0 Å². The van der Waals surface area contributed by atoms with Crippen LogP contribution in [0.4, 0.5) is 11.4 Å². The molecule has 0 aliphatic heterocycles. The number of carbonyl (C=O) groups is 1. The summed E-state index contributed by atoms with van der Waals surface area (Å²) in [6.45, 7) is 0.647. The van der Waals surface area contributed by atoms with Gasteiger partial charge in [0.2, 0.25) is 0 Å². The summed E-state index contributed by atoms with van der Waals surface area (Å²) in [4.78, 5) is 16.5. The van der Waals surface area contributed by atoms with Gasteiger partial charge < -0.3 is 10.6 Å². The Morgan fingerprint density at radius 3 is 2.60 bits per heavy atom. The Labute approximate surface area is 155 Å². The monoisotopic (exact) mass is 371 g/mol. The summed E-state index contributed by atoms with van der Waals surface area (Å²) >= 11 is 11.9. The van der Waals surface area contributed by atoms with E-state index < -0.39 is 0 Å². The van der Waals surface area contributed by atoms with Crippen molar-refractivity contribution in [3.05, 3.63) is 88.2 Å². The lowest BCUT2D eigenvalue weighted by Gasteiger charge is -2.10. The van der Waals surface area contributed by atoms with Gasteiger partial charge in [-0.15, -0.1) is 0 Å². The van der Waals surface area contributed by atoms with Crippen LogP contribution in [0.2, 0.25) is 10.0 Å². The summed E-state index contributed by atoms with van der Waals surface area (Å²) in [5.41, 5.74) is 3.01. The second-order valence-corrected chi connectivity index (χ2v) is 6.22. The van der Waals surface area contributed by atoms with Crippen LogP contribution in [-0.4, -0.2) is 10.9 Å². The Bertz CT molecular complexity index is 885. The lowest BCUT2D eigenvalue weighted by atomic mass is 10.2. The molecule has 0 spiro atoms. The minimum Gasteiger partial charge on any atom is -0.381 e. The normalized spacial score (nSPS) is 10.3. The molecule has 0 atom stereocenters. The van der Waals surface area contributed by atoms with Gasteiger partial charge >= 0.3 is 0 Å². The third kappa shape index (κ3) is 4.72. The van der Waals surface area contributed by atoms with Crippen LogP contribution in [0.5, 0.6) is 0 Å². The first-order valence-corrected chi connectivity index (χ1v) is 8.36. The third-order valence-corrected chi connectivity index (χ3v) is 4.06. The zero-order valence-corrected chi connectivity index (χ0v) is 14.7. The van der Waals surface area contributed by atoms with Crippen molar-refractivity contribution in [1.82, 2.24) is 4.98 Å². The number of pyridine rings is 1. The van der Waals surface area contributed by atoms with Gasteiger partial charge in [-0.3, -0.25) is 9.78 Å². The van der Waals surface area contributed by atoms with Crippen LogP contribution in [0.25, 0.3) is 0 Å². The molecule has 2 aromatic carbocycles. The van der Waals surface area contributed by atoms with E-state index in [0.29, 0.717) is 27.8 Å². The maximum atomic E-state index is 12.4. The number of anilines is 2. The number of hydrogen-bond acceptors (Lipinski definition) is 3. The summed E-state index contributed by atoms with van der Waals surface area (Å²) in [5.74, 6) is -0.286. The SMILES string of the molecule is O=C(Nc1cccc(NCc2cccnc2)c1)c1ccc(Cl)cc1Cl. The highest BCUT2D eigenvalue weighted by Gasteiger charge is 2.11. The summed E-state index contributed by atoms with van der Waals surface area (Å²) in [6.07, 6.45) is 3.54. The minimum absolute atomic E-state index is 0.286. The first-order valence-electron chi connectivity index (χ1n) is 7.61. The first-order chi connectivity index (χ1) is 12.1. The molecule has 0 aliphatic rings. The minimum atomic E-state index is -0.286. The van der Waals surface area contributed by atoms with E-state index in [9.17, 15) is 4.79 Å². The lowest BCUT2D eigenvalue weighted by Crippen LogP contribution is -2.12. The number of nitrogens with one attached hydrogen (secondary N) is 2. The molecule has 0 radical (unpaired) electrons. The summed E-state index contributed by atoms with van der Waals surface area (Å²) in [5, 5.41) is 6.94. The standard InChI is InChI=1S/C19H15Cl2N3O/c20-14-6-7-17(18(21)9-14)19(25)24-16-5-1-4-15(10-16)23-12-13-3-2-8-22-11-13/h1-11,23H,12H2,(H,24,25). The van der Waals surface area contributed by atoms with Gasteiger partial charge in [0, 0.05) is 35.3 Å². The Morgan fingerprint density at radius 1 is 1.00 bits per heavy atom. The van der Waals surface area contributed by atoms with Crippen LogP contribution in [0.1, 0.15) is 15.9 Å². The van der Waals surface area contributed by atoms with Crippen LogP contribution < -0.4 is 10.6 Å². The molecule has 6 heteroatoms. The lowest BCUT2D eigenvalue weighted by molar-refractivity contribution is 0.102. The van der Waals surface area contributed by atoms with Gasteiger partial charge in [0.05, 0.1) is 10.6 Å². The molecule has 2 N–H and O–H groups in total. The maximum absolute atomic E-state index is 12.4. The zero-order valence-electron chi connectivity index (χ0n) is 13.2. The molecule has 4 nitrogen and oxygen atoms in total. The fourth-order valence-electron chi connectivity index (χ4n) is 2.29. The molecule has 1 aromatic heterocycles. The fraction of sp³-hybridized carbons (Fsp3) is 0.0526. The average Bonchev–Trinajstić information content (AvgIpc) is 2.61. The van der Waals surface area contributed by atoms with Gasteiger partial charge in [-0.25, -0.2) is 0 Å². The van der Waals surface area contributed by atoms with Crippen LogP contribution >= 0.6 is 23.2 Å². The third-order valence-electron chi connectivity index (χ3n) is 3.52. The predicted octanol–water partition coefficient (Wildman–Crippen LogP) is 5.25. The maximum Gasteiger partial charge on any atom is 0.257 e. The Morgan fingerprint density at radius 2 is 1.84 bits per heavy atom. The Balaban J connectivity index is 1.68. The largest absolute Gasteiger partial charge is 0.381 e. The van der Waals surface area contributed by atoms with Crippen LogP contribution in [0.15, 0.2) is 67.0 Å². The number of amides is 1.